The van der Waals surface area contributed by atoms with Gasteiger partial charge in [-0.25, -0.2) is 9.78 Å². The minimum atomic E-state index is -0.496. The third kappa shape index (κ3) is 1.96. The maximum Gasteiger partial charge on any atom is 0.345 e. The Morgan fingerprint density at radius 2 is 2.18 bits per heavy atom. The van der Waals surface area contributed by atoms with E-state index in [1.54, 1.807) is 18.3 Å². The SMILES string of the molecule is COC(=O)c1cnn(-c2ccccn2)c1OC. The highest BCUT2D eigenvalue weighted by molar-refractivity contribution is 5.91. The molecular weight excluding hydrogens is 222 g/mol. The second-order valence-corrected chi connectivity index (χ2v) is 3.16. The first-order valence-corrected chi connectivity index (χ1v) is 4.89. The van der Waals surface area contributed by atoms with E-state index in [0.29, 0.717) is 11.7 Å². The largest absolute Gasteiger partial charge is 0.480 e. The fraction of sp³-hybridized carbons (Fsp3) is 0.182. The molecule has 2 aromatic rings. The van der Waals surface area contributed by atoms with Crippen LogP contribution in [0.15, 0.2) is 30.6 Å². The molecule has 2 heterocycles. The number of carbonyl (C=O) groups is 1. The van der Waals surface area contributed by atoms with Gasteiger partial charge in [0.15, 0.2) is 5.82 Å². The van der Waals surface area contributed by atoms with E-state index >= 15 is 0 Å². The number of hydrogen-bond acceptors (Lipinski definition) is 5. The molecule has 6 nitrogen and oxygen atoms in total. The number of nitrogens with zero attached hydrogens (tertiary/aromatic N) is 3. The van der Waals surface area contributed by atoms with E-state index in [1.165, 1.54) is 25.1 Å². The molecule has 0 bridgehead atoms. The van der Waals surface area contributed by atoms with E-state index in [9.17, 15) is 4.79 Å². The lowest BCUT2D eigenvalue weighted by molar-refractivity contribution is 0.0597. The summed E-state index contributed by atoms with van der Waals surface area (Å²) in [4.78, 5) is 15.6. The number of hydrogen-bond donors (Lipinski definition) is 0. The third-order valence-corrected chi connectivity index (χ3v) is 2.19. The summed E-state index contributed by atoms with van der Waals surface area (Å²) in [6.45, 7) is 0. The van der Waals surface area contributed by atoms with Gasteiger partial charge in [-0.2, -0.15) is 9.78 Å². The monoisotopic (exact) mass is 233 g/mol. The van der Waals surface area contributed by atoms with Gasteiger partial charge in [0.1, 0.15) is 5.56 Å². The average Bonchev–Trinajstić information content (AvgIpc) is 2.82. The van der Waals surface area contributed by atoms with Gasteiger partial charge in [-0.1, -0.05) is 6.07 Å². The van der Waals surface area contributed by atoms with Gasteiger partial charge in [0, 0.05) is 6.20 Å². The molecule has 0 amide bonds. The fourth-order valence-corrected chi connectivity index (χ4v) is 1.43. The van der Waals surface area contributed by atoms with Gasteiger partial charge in [0.25, 0.3) is 0 Å². The summed E-state index contributed by atoms with van der Waals surface area (Å²) in [5.41, 5.74) is 0.264. The van der Waals surface area contributed by atoms with Crippen molar-refractivity contribution in [2.45, 2.75) is 0 Å². The highest BCUT2D eigenvalue weighted by Crippen LogP contribution is 2.21. The van der Waals surface area contributed by atoms with Crippen LogP contribution in [-0.4, -0.2) is 35.0 Å². The van der Waals surface area contributed by atoms with E-state index in [2.05, 4.69) is 14.8 Å². The maximum atomic E-state index is 11.5. The molecule has 6 heteroatoms. The van der Waals surface area contributed by atoms with Gasteiger partial charge in [-0.05, 0) is 12.1 Å². The predicted octanol–water partition coefficient (Wildman–Crippen LogP) is 1.06. The molecule has 17 heavy (non-hydrogen) atoms. The molecule has 0 aromatic carbocycles. The summed E-state index contributed by atoms with van der Waals surface area (Å²) in [5.74, 6) is 0.374. The maximum absolute atomic E-state index is 11.5. The molecule has 0 saturated carbocycles. The first kappa shape index (κ1) is 11.1. The average molecular weight is 233 g/mol. The van der Waals surface area contributed by atoms with Crippen molar-refractivity contribution in [3.63, 3.8) is 0 Å². The van der Waals surface area contributed by atoms with E-state index in [0.717, 1.165) is 0 Å². The van der Waals surface area contributed by atoms with E-state index < -0.39 is 5.97 Å². The van der Waals surface area contributed by atoms with Crippen molar-refractivity contribution < 1.29 is 14.3 Å². The minimum Gasteiger partial charge on any atom is -0.480 e. The first-order valence-electron chi connectivity index (χ1n) is 4.89. The zero-order chi connectivity index (χ0) is 12.3. The number of carbonyl (C=O) groups excluding carboxylic acids is 1. The van der Waals surface area contributed by atoms with Gasteiger partial charge >= 0.3 is 5.97 Å². The molecule has 0 aliphatic heterocycles. The van der Waals surface area contributed by atoms with Crippen LogP contribution < -0.4 is 4.74 Å². The number of methoxy groups -OCH3 is 2. The van der Waals surface area contributed by atoms with Crippen molar-refractivity contribution in [3.8, 4) is 11.7 Å². The van der Waals surface area contributed by atoms with Gasteiger partial charge in [0.2, 0.25) is 5.88 Å². The molecule has 2 rings (SSSR count). The second-order valence-electron chi connectivity index (χ2n) is 3.16. The number of ether oxygens (including phenoxy) is 2. The normalized spacial score (nSPS) is 10.0. The first-order chi connectivity index (χ1) is 8.27. The van der Waals surface area contributed by atoms with Crippen molar-refractivity contribution in [1.29, 1.82) is 0 Å². The van der Waals surface area contributed by atoms with Crippen LogP contribution in [-0.2, 0) is 4.74 Å². The zero-order valence-electron chi connectivity index (χ0n) is 9.45. The van der Waals surface area contributed by atoms with Crippen LogP contribution in [0.2, 0.25) is 0 Å². The van der Waals surface area contributed by atoms with Crippen molar-refractivity contribution >= 4 is 5.97 Å². The quantitative estimate of drug-likeness (QED) is 0.741. The minimum absolute atomic E-state index is 0.264. The molecule has 0 unspecified atom stereocenters. The number of esters is 1. The smallest absolute Gasteiger partial charge is 0.345 e. The van der Waals surface area contributed by atoms with Crippen molar-refractivity contribution in [1.82, 2.24) is 14.8 Å². The number of rotatable bonds is 3. The molecule has 88 valence electrons. The molecule has 0 aliphatic rings. The number of pyridine rings is 1. The summed E-state index contributed by atoms with van der Waals surface area (Å²) in [6.07, 6.45) is 3.02. The Labute approximate surface area is 97.8 Å². The van der Waals surface area contributed by atoms with Gasteiger partial charge in [-0.3, -0.25) is 0 Å². The Kier molecular flexibility index (Phi) is 3.04. The lowest BCUT2D eigenvalue weighted by Gasteiger charge is -2.05. The topological polar surface area (TPSA) is 66.2 Å². The van der Waals surface area contributed by atoms with E-state index in [1.807, 2.05) is 6.07 Å². The Morgan fingerprint density at radius 1 is 1.35 bits per heavy atom. The van der Waals surface area contributed by atoms with Crippen LogP contribution >= 0.6 is 0 Å². The highest BCUT2D eigenvalue weighted by Gasteiger charge is 2.19. The summed E-state index contributed by atoms with van der Waals surface area (Å²) in [6, 6.07) is 5.37. The van der Waals surface area contributed by atoms with Crippen molar-refractivity contribution in [3.05, 3.63) is 36.2 Å². The van der Waals surface area contributed by atoms with Gasteiger partial charge in [0.05, 0.1) is 20.4 Å². The van der Waals surface area contributed by atoms with Crippen molar-refractivity contribution in [2.24, 2.45) is 0 Å². The Bertz CT molecular complexity index is 522. The molecule has 0 N–H and O–H groups in total. The summed E-state index contributed by atoms with van der Waals surface area (Å²) in [5, 5.41) is 4.05. The molecule has 2 aromatic heterocycles. The van der Waals surface area contributed by atoms with Crippen LogP contribution in [0.5, 0.6) is 5.88 Å². The van der Waals surface area contributed by atoms with Crippen LogP contribution in [0.4, 0.5) is 0 Å². The molecule has 0 saturated heterocycles. The Hall–Kier alpha value is -2.37. The number of aromatic nitrogens is 3. The fourth-order valence-electron chi connectivity index (χ4n) is 1.43. The lowest BCUT2D eigenvalue weighted by Crippen LogP contribution is -2.06. The van der Waals surface area contributed by atoms with Crippen LogP contribution in [0.3, 0.4) is 0 Å². The van der Waals surface area contributed by atoms with Crippen molar-refractivity contribution in [2.75, 3.05) is 14.2 Å². The van der Waals surface area contributed by atoms with Crippen LogP contribution in [0, 0.1) is 0 Å². The molecule has 0 spiro atoms. The standard InChI is InChI=1S/C11H11N3O3/c1-16-10-8(11(15)17-2)7-13-14(10)9-5-3-4-6-12-9/h3-7H,1-2H3. The van der Waals surface area contributed by atoms with E-state index in [-0.39, 0.29) is 5.56 Å². The molecule has 0 radical (unpaired) electrons. The van der Waals surface area contributed by atoms with Crippen LogP contribution in [0.25, 0.3) is 5.82 Å². The summed E-state index contributed by atoms with van der Waals surface area (Å²) in [7, 11) is 2.77. The second kappa shape index (κ2) is 4.65. The van der Waals surface area contributed by atoms with E-state index in [4.69, 9.17) is 4.74 Å². The summed E-state index contributed by atoms with van der Waals surface area (Å²) < 4.78 is 11.2. The summed E-state index contributed by atoms with van der Waals surface area (Å²) >= 11 is 0. The zero-order valence-corrected chi connectivity index (χ0v) is 9.45. The highest BCUT2D eigenvalue weighted by atomic mass is 16.5. The van der Waals surface area contributed by atoms with Gasteiger partial charge < -0.3 is 9.47 Å². The molecule has 0 fully saturated rings. The molecular formula is C11H11N3O3. The lowest BCUT2D eigenvalue weighted by atomic mass is 10.3. The van der Waals surface area contributed by atoms with Crippen LogP contribution in [0.1, 0.15) is 10.4 Å². The molecule has 0 atom stereocenters. The Morgan fingerprint density at radius 3 is 2.76 bits per heavy atom. The molecule has 0 aliphatic carbocycles. The third-order valence-electron chi connectivity index (χ3n) is 2.19. The Balaban J connectivity index is 2.50. The predicted molar refractivity (Wildman–Crippen MR) is 59.3 cm³/mol. The van der Waals surface area contributed by atoms with Gasteiger partial charge in [-0.15, -0.1) is 0 Å².